The molecule has 2 aromatic heterocycles. The molecule has 32 heavy (non-hydrogen) atoms. The van der Waals surface area contributed by atoms with Crippen molar-refractivity contribution in [3.8, 4) is 11.3 Å². The summed E-state index contributed by atoms with van der Waals surface area (Å²) in [5.41, 5.74) is 4.33. The lowest BCUT2D eigenvalue weighted by atomic mass is 9.97. The zero-order chi connectivity index (χ0) is 21.9. The Morgan fingerprint density at radius 2 is 1.84 bits per heavy atom. The first-order valence-electron chi connectivity index (χ1n) is 11.0. The molecule has 1 saturated carbocycles. The van der Waals surface area contributed by atoms with Crippen molar-refractivity contribution in [1.29, 1.82) is 0 Å². The van der Waals surface area contributed by atoms with Crippen LogP contribution in [-0.4, -0.2) is 33.9 Å². The molecule has 0 spiro atoms. The highest BCUT2D eigenvalue weighted by Gasteiger charge is 2.24. The predicted octanol–water partition coefficient (Wildman–Crippen LogP) is 4.75. The highest BCUT2D eigenvalue weighted by molar-refractivity contribution is 6.32. The predicted molar refractivity (Wildman–Crippen MR) is 126 cm³/mol. The molecule has 1 saturated heterocycles. The summed E-state index contributed by atoms with van der Waals surface area (Å²) in [7, 11) is 0. The number of aromatic nitrogens is 3. The average Bonchev–Trinajstić information content (AvgIpc) is 3.67. The minimum Gasteiger partial charge on any atom is -0.324 e. The number of carbonyl (C=O) groups is 1. The lowest BCUT2D eigenvalue weighted by Crippen LogP contribution is -2.34. The number of pyridine rings is 1. The van der Waals surface area contributed by atoms with Crippen molar-refractivity contribution in [3.63, 3.8) is 0 Å². The number of nitrogens with one attached hydrogen (secondary N) is 3. The van der Waals surface area contributed by atoms with Crippen molar-refractivity contribution in [3.05, 3.63) is 59.5 Å². The third-order valence-corrected chi connectivity index (χ3v) is 6.20. The fourth-order valence-corrected chi connectivity index (χ4v) is 4.22. The monoisotopic (exact) mass is 448 g/mol. The highest BCUT2D eigenvalue weighted by Crippen LogP contribution is 2.41. The molecular formula is C24H25ClN6O. The summed E-state index contributed by atoms with van der Waals surface area (Å²) in [4.78, 5) is 25.7. The van der Waals surface area contributed by atoms with Crippen molar-refractivity contribution in [2.45, 2.75) is 31.6 Å². The Kier molecular flexibility index (Phi) is 6.01. The van der Waals surface area contributed by atoms with Crippen molar-refractivity contribution in [2.24, 2.45) is 5.92 Å². The molecule has 1 amide bonds. The van der Waals surface area contributed by atoms with Gasteiger partial charge in [0.2, 0.25) is 11.9 Å². The zero-order valence-corrected chi connectivity index (χ0v) is 18.4. The number of piperidine rings is 1. The van der Waals surface area contributed by atoms with Gasteiger partial charge >= 0.3 is 0 Å². The first-order valence-corrected chi connectivity index (χ1v) is 11.4. The topological polar surface area (TPSA) is 91.8 Å². The molecule has 3 N–H and O–H groups in total. The van der Waals surface area contributed by atoms with Gasteiger partial charge in [0.25, 0.3) is 0 Å². The maximum Gasteiger partial charge on any atom is 0.227 e. The second kappa shape index (κ2) is 9.22. The lowest BCUT2D eigenvalue weighted by Gasteiger charge is -2.21. The molecule has 7 nitrogen and oxygen atoms in total. The van der Waals surface area contributed by atoms with E-state index >= 15 is 0 Å². The molecule has 0 unspecified atom stereocenters. The van der Waals surface area contributed by atoms with E-state index in [-0.39, 0.29) is 11.8 Å². The van der Waals surface area contributed by atoms with Gasteiger partial charge in [-0.15, -0.1) is 0 Å². The fourth-order valence-electron chi connectivity index (χ4n) is 4.02. The van der Waals surface area contributed by atoms with Gasteiger partial charge in [-0.1, -0.05) is 29.8 Å². The van der Waals surface area contributed by atoms with Crippen LogP contribution in [0.25, 0.3) is 11.3 Å². The van der Waals surface area contributed by atoms with Crippen LogP contribution < -0.4 is 16.0 Å². The van der Waals surface area contributed by atoms with E-state index in [2.05, 4.69) is 43.0 Å². The van der Waals surface area contributed by atoms with Gasteiger partial charge in [0.05, 0.1) is 40.7 Å². The molecule has 3 aromatic rings. The Labute approximate surface area is 192 Å². The van der Waals surface area contributed by atoms with E-state index in [9.17, 15) is 4.79 Å². The second-order valence-corrected chi connectivity index (χ2v) is 8.80. The van der Waals surface area contributed by atoms with Crippen molar-refractivity contribution < 1.29 is 4.79 Å². The molecule has 0 radical (unpaired) electrons. The van der Waals surface area contributed by atoms with Crippen LogP contribution in [0.5, 0.6) is 0 Å². The van der Waals surface area contributed by atoms with E-state index < -0.39 is 0 Å². The minimum absolute atomic E-state index is 0.0291. The number of benzene rings is 1. The molecule has 2 aliphatic rings. The number of nitrogens with zero attached hydrogens (tertiary/aromatic N) is 3. The molecule has 5 rings (SSSR count). The molecule has 3 heterocycles. The number of hydrogen-bond donors (Lipinski definition) is 3. The number of amides is 1. The summed E-state index contributed by atoms with van der Waals surface area (Å²) in [6.07, 6.45) is 9.09. The largest absolute Gasteiger partial charge is 0.324 e. The van der Waals surface area contributed by atoms with Gasteiger partial charge in [-0.05, 0) is 62.4 Å². The van der Waals surface area contributed by atoms with Crippen molar-refractivity contribution >= 4 is 34.8 Å². The van der Waals surface area contributed by atoms with Crippen LogP contribution in [0.15, 0.2) is 48.9 Å². The summed E-state index contributed by atoms with van der Waals surface area (Å²) in [5, 5.41) is 9.94. The third-order valence-electron chi connectivity index (χ3n) is 5.92. The van der Waals surface area contributed by atoms with Crippen molar-refractivity contribution in [2.75, 3.05) is 23.7 Å². The van der Waals surface area contributed by atoms with Gasteiger partial charge in [0, 0.05) is 11.5 Å². The van der Waals surface area contributed by atoms with E-state index in [1.165, 1.54) is 18.4 Å². The SMILES string of the molecule is O=C(Nc1cncc(Nc2ncc(Cl)c(-c3cccc(C4CC4)c3)n2)c1)C1CCNCC1. The summed E-state index contributed by atoms with van der Waals surface area (Å²) >= 11 is 6.42. The fraction of sp³-hybridized carbons (Fsp3) is 0.333. The second-order valence-electron chi connectivity index (χ2n) is 8.39. The summed E-state index contributed by atoms with van der Waals surface area (Å²) in [6.45, 7) is 1.75. The molecule has 8 heteroatoms. The van der Waals surface area contributed by atoms with E-state index in [4.69, 9.17) is 11.6 Å². The summed E-state index contributed by atoms with van der Waals surface area (Å²) in [5.74, 6) is 1.14. The van der Waals surface area contributed by atoms with Gasteiger partial charge in [0.1, 0.15) is 0 Å². The number of carbonyl (C=O) groups excluding carboxylic acids is 1. The van der Waals surface area contributed by atoms with Gasteiger partial charge in [-0.2, -0.15) is 0 Å². The Hall–Kier alpha value is -3.03. The Morgan fingerprint density at radius 1 is 1.03 bits per heavy atom. The molecule has 0 bridgehead atoms. The number of hydrogen-bond acceptors (Lipinski definition) is 6. The third kappa shape index (κ3) is 4.89. The van der Waals surface area contributed by atoms with E-state index in [0.717, 1.165) is 31.5 Å². The van der Waals surface area contributed by atoms with Crippen LogP contribution in [-0.2, 0) is 4.79 Å². The van der Waals surface area contributed by atoms with Crippen LogP contribution in [0.1, 0.15) is 37.2 Å². The first kappa shape index (κ1) is 20.8. The van der Waals surface area contributed by atoms with Gasteiger partial charge in [-0.25, -0.2) is 9.97 Å². The maximum atomic E-state index is 12.5. The number of rotatable bonds is 6. The zero-order valence-electron chi connectivity index (χ0n) is 17.6. The van der Waals surface area contributed by atoms with E-state index in [0.29, 0.717) is 34.0 Å². The Morgan fingerprint density at radius 3 is 2.66 bits per heavy atom. The van der Waals surface area contributed by atoms with Crippen LogP contribution >= 0.6 is 11.6 Å². The summed E-state index contributed by atoms with van der Waals surface area (Å²) in [6, 6.07) is 10.2. The minimum atomic E-state index is 0.0291. The Balaban J connectivity index is 1.32. The molecule has 164 valence electrons. The summed E-state index contributed by atoms with van der Waals surface area (Å²) < 4.78 is 0. The standard InChI is InChI=1S/C24H25ClN6O/c25-21-14-28-24(31-22(21)18-3-1-2-17(10-18)15-4-5-15)30-20-11-19(12-27-13-20)29-23(32)16-6-8-26-9-7-16/h1-3,10-16,26H,4-9H2,(H,29,32)(H,28,30,31). The normalized spacial score (nSPS) is 16.5. The van der Waals surface area contributed by atoms with E-state index in [1.807, 2.05) is 18.2 Å². The molecule has 0 atom stereocenters. The van der Waals surface area contributed by atoms with Crippen LogP contribution in [0.3, 0.4) is 0 Å². The molecule has 1 aromatic carbocycles. The van der Waals surface area contributed by atoms with Gasteiger partial charge < -0.3 is 16.0 Å². The van der Waals surface area contributed by atoms with E-state index in [1.54, 1.807) is 18.6 Å². The Bertz CT molecular complexity index is 1130. The van der Waals surface area contributed by atoms with Crippen LogP contribution in [0, 0.1) is 5.92 Å². The molecule has 1 aliphatic carbocycles. The molecule has 2 fully saturated rings. The number of halogens is 1. The average molecular weight is 449 g/mol. The smallest absolute Gasteiger partial charge is 0.227 e. The van der Waals surface area contributed by atoms with Crippen LogP contribution in [0.4, 0.5) is 17.3 Å². The number of anilines is 3. The van der Waals surface area contributed by atoms with Crippen molar-refractivity contribution in [1.82, 2.24) is 20.3 Å². The first-order chi connectivity index (χ1) is 15.7. The maximum absolute atomic E-state index is 12.5. The van der Waals surface area contributed by atoms with Gasteiger partial charge in [0.15, 0.2) is 0 Å². The van der Waals surface area contributed by atoms with Crippen LogP contribution in [0.2, 0.25) is 5.02 Å². The lowest BCUT2D eigenvalue weighted by molar-refractivity contribution is -0.120. The molecule has 1 aliphatic heterocycles. The van der Waals surface area contributed by atoms with Gasteiger partial charge in [-0.3, -0.25) is 9.78 Å². The highest BCUT2D eigenvalue weighted by atomic mass is 35.5. The quantitative estimate of drug-likeness (QED) is 0.504. The molecular weight excluding hydrogens is 424 g/mol.